The Balaban J connectivity index is 2.52. The van der Waals surface area contributed by atoms with Gasteiger partial charge in [0.15, 0.2) is 6.29 Å². The number of aliphatic hydroxyl groups is 3. The summed E-state index contributed by atoms with van der Waals surface area (Å²) in [5.74, 6) is 0. The zero-order chi connectivity index (χ0) is 7.72. The number of hydrogen-bond donors (Lipinski definition) is 4. The smallest absolute Gasteiger partial charge is 0.172 e. The third-order valence-electron chi connectivity index (χ3n) is 1.56. The van der Waals surface area contributed by atoms with Gasteiger partial charge in [-0.05, 0) is 0 Å². The third kappa shape index (κ3) is 1.28. The summed E-state index contributed by atoms with van der Waals surface area (Å²) in [5.41, 5.74) is 5.23. The second kappa shape index (κ2) is 2.81. The van der Waals surface area contributed by atoms with Crippen LogP contribution < -0.4 is 5.73 Å². The van der Waals surface area contributed by atoms with Crippen molar-refractivity contribution in [2.45, 2.75) is 24.5 Å². The van der Waals surface area contributed by atoms with Crippen molar-refractivity contribution in [2.75, 3.05) is 6.61 Å². The van der Waals surface area contributed by atoms with Crippen LogP contribution in [0.25, 0.3) is 0 Å². The summed E-state index contributed by atoms with van der Waals surface area (Å²) in [6, 6.07) is -0.913. The van der Waals surface area contributed by atoms with Gasteiger partial charge in [0.2, 0.25) is 0 Å². The molecule has 1 fully saturated rings. The summed E-state index contributed by atoms with van der Waals surface area (Å²) in [5, 5.41) is 26.7. The van der Waals surface area contributed by atoms with Crippen LogP contribution in [0.2, 0.25) is 0 Å². The first-order chi connectivity index (χ1) is 4.63. The average molecular weight is 149 g/mol. The van der Waals surface area contributed by atoms with Crippen LogP contribution in [0, 0.1) is 0 Å². The summed E-state index contributed by atoms with van der Waals surface area (Å²) in [6.07, 6.45) is -3.25. The molecule has 0 saturated carbocycles. The van der Waals surface area contributed by atoms with Gasteiger partial charge in [-0.3, -0.25) is 0 Å². The highest BCUT2D eigenvalue weighted by atomic mass is 16.6. The minimum Gasteiger partial charge on any atom is -0.389 e. The molecule has 5 heteroatoms. The molecule has 10 heavy (non-hydrogen) atoms. The highest BCUT2D eigenvalue weighted by Crippen LogP contribution is 2.10. The molecule has 1 heterocycles. The minimum atomic E-state index is -1.17. The zero-order valence-corrected chi connectivity index (χ0v) is 5.34. The molecule has 1 aliphatic heterocycles. The van der Waals surface area contributed by atoms with E-state index in [1.165, 1.54) is 0 Å². The lowest BCUT2D eigenvalue weighted by Crippen LogP contribution is -2.57. The maximum atomic E-state index is 9.00. The molecule has 0 aromatic carbocycles. The fourth-order valence-corrected chi connectivity index (χ4v) is 0.832. The first-order valence-electron chi connectivity index (χ1n) is 3.04. The van der Waals surface area contributed by atoms with E-state index in [4.69, 9.17) is 21.1 Å². The average Bonchev–Trinajstić information content (AvgIpc) is 1.93. The lowest BCUT2D eigenvalue weighted by Gasteiger charge is -2.32. The van der Waals surface area contributed by atoms with E-state index in [1.807, 2.05) is 0 Å². The highest BCUT2D eigenvalue weighted by Gasteiger charge is 2.34. The predicted molar refractivity (Wildman–Crippen MR) is 31.9 cm³/mol. The van der Waals surface area contributed by atoms with Crippen molar-refractivity contribution in [3.8, 4) is 0 Å². The number of ether oxygens (including phenoxy) is 1. The lowest BCUT2D eigenvalue weighted by molar-refractivity contribution is -0.205. The van der Waals surface area contributed by atoms with Crippen LogP contribution in [-0.2, 0) is 4.74 Å². The second-order valence-corrected chi connectivity index (χ2v) is 2.36. The maximum Gasteiger partial charge on any atom is 0.172 e. The standard InChI is InChI=1S/C5H11NO4/c6-3-4(8)2(7)1-10-5(3)9/h2-5,7-9H,1,6H2/t2-,3-,4-,5-/m0/s1. The molecule has 0 radical (unpaired) electrons. The van der Waals surface area contributed by atoms with Crippen LogP contribution in [0.5, 0.6) is 0 Å². The van der Waals surface area contributed by atoms with Crippen LogP contribution in [0.4, 0.5) is 0 Å². The molecule has 1 rings (SSSR count). The molecule has 0 bridgehead atoms. The van der Waals surface area contributed by atoms with Crippen LogP contribution >= 0.6 is 0 Å². The van der Waals surface area contributed by atoms with Gasteiger partial charge in [0.1, 0.15) is 12.2 Å². The van der Waals surface area contributed by atoms with E-state index in [2.05, 4.69) is 4.74 Å². The largest absolute Gasteiger partial charge is 0.389 e. The normalized spacial score (nSPS) is 49.2. The Labute approximate surface area is 58.0 Å². The van der Waals surface area contributed by atoms with Crippen molar-refractivity contribution in [3.63, 3.8) is 0 Å². The fourth-order valence-electron chi connectivity index (χ4n) is 0.832. The van der Waals surface area contributed by atoms with E-state index in [-0.39, 0.29) is 6.61 Å². The maximum absolute atomic E-state index is 9.00. The monoisotopic (exact) mass is 149 g/mol. The molecule has 0 amide bonds. The van der Waals surface area contributed by atoms with Crippen LogP contribution in [0.1, 0.15) is 0 Å². The van der Waals surface area contributed by atoms with E-state index >= 15 is 0 Å². The van der Waals surface area contributed by atoms with Crippen molar-refractivity contribution in [1.82, 2.24) is 0 Å². The van der Waals surface area contributed by atoms with E-state index in [0.29, 0.717) is 0 Å². The molecule has 0 aromatic heterocycles. The Morgan fingerprint density at radius 3 is 2.40 bits per heavy atom. The Bertz CT molecular complexity index is 106. The second-order valence-electron chi connectivity index (χ2n) is 2.36. The molecule has 0 aliphatic carbocycles. The summed E-state index contributed by atoms with van der Waals surface area (Å²) in [4.78, 5) is 0. The fraction of sp³-hybridized carbons (Fsp3) is 1.00. The van der Waals surface area contributed by atoms with Gasteiger partial charge in [0, 0.05) is 0 Å². The van der Waals surface area contributed by atoms with E-state index in [9.17, 15) is 0 Å². The third-order valence-corrected chi connectivity index (χ3v) is 1.56. The van der Waals surface area contributed by atoms with Gasteiger partial charge < -0.3 is 25.8 Å². The number of nitrogens with two attached hydrogens (primary N) is 1. The summed E-state index contributed by atoms with van der Waals surface area (Å²) >= 11 is 0. The minimum absolute atomic E-state index is 0.0734. The Morgan fingerprint density at radius 1 is 1.30 bits per heavy atom. The first kappa shape index (κ1) is 7.90. The van der Waals surface area contributed by atoms with Gasteiger partial charge in [0.25, 0.3) is 0 Å². The quantitative estimate of drug-likeness (QED) is 0.302. The molecule has 0 unspecified atom stereocenters. The Kier molecular flexibility index (Phi) is 2.22. The van der Waals surface area contributed by atoms with E-state index in [1.54, 1.807) is 0 Å². The molecule has 1 aliphatic rings. The molecular formula is C5H11NO4. The van der Waals surface area contributed by atoms with Crippen LogP contribution in [0.3, 0.4) is 0 Å². The molecule has 60 valence electrons. The van der Waals surface area contributed by atoms with Gasteiger partial charge in [-0.1, -0.05) is 0 Å². The Morgan fingerprint density at radius 2 is 1.90 bits per heavy atom. The predicted octanol–water partition coefficient (Wildman–Crippen LogP) is -2.62. The molecule has 0 spiro atoms. The molecule has 4 atom stereocenters. The molecule has 5 nitrogen and oxygen atoms in total. The van der Waals surface area contributed by atoms with Gasteiger partial charge in [0.05, 0.1) is 12.6 Å². The summed E-state index contributed by atoms with van der Waals surface area (Å²) in [7, 11) is 0. The topological polar surface area (TPSA) is 95.9 Å². The van der Waals surface area contributed by atoms with E-state index in [0.717, 1.165) is 0 Å². The molecule has 1 saturated heterocycles. The summed E-state index contributed by atoms with van der Waals surface area (Å²) < 4.78 is 4.59. The Hall–Kier alpha value is -0.200. The molecular weight excluding hydrogens is 138 g/mol. The highest BCUT2D eigenvalue weighted by molar-refractivity contribution is 4.84. The van der Waals surface area contributed by atoms with Crippen LogP contribution in [0.15, 0.2) is 0 Å². The van der Waals surface area contributed by atoms with Gasteiger partial charge in [-0.2, -0.15) is 0 Å². The number of hydrogen-bond acceptors (Lipinski definition) is 5. The number of rotatable bonds is 0. The van der Waals surface area contributed by atoms with Gasteiger partial charge in [-0.15, -0.1) is 0 Å². The number of aliphatic hydroxyl groups excluding tert-OH is 3. The van der Waals surface area contributed by atoms with Crippen molar-refractivity contribution in [1.29, 1.82) is 0 Å². The van der Waals surface area contributed by atoms with Crippen LogP contribution in [-0.4, -0.2) is 46.5 Å². The van der Waals surface area contributed by atoms with Crippen molar-refractivity contribution in [3.05, 3.63) is 0 Å². The SMILES string of the molecule is N[C@H]1[C@@H](O)[C@@H](O)CO[C@@H]1O. The van der Waals surface area contributed by atoms with Crippen molar-refractivity contribution in [2.24, 2.45) is 5.73 Å². The lowest BCUT2D eigenvalue weighted by atomic mass is 10.0. The summed E-state index contributed by atoms with van der Waals surface area (Å²) in [6.45, 7) is -0.0734. The van der Waals surface area contributed by atoms with Crippen molar-refractivity contribution >= 4 is 0 Å². The zero-order valence-electron chi connectivity index (χ0n) is 5.34. The van der Waals surface area contributed by atoms with E-state index < -0.39 is 24.5 Å². The first-order valence-corrected chi connectivity index (χ1v) is 3.04. The molecule has 5 N–H and O–H groups in total. The molecule has 0 aromatic rings. The van der Waals surface area contributed by atoms with Crippen molar-refractivity contribution < 1.29 is 20.1 Å². The van der Waals surface area contributed by atoms with Gasteiger partial charge >= 0.3 is 0 Å². The van der Waals surface area contributed by atoms with Gasteiger partial charge in [-0.25, -0.2) is 0 Å².